The molecular weight excluding hydrogens is 1280 g/mol. The maximum Gasteiger partial charge on any atom is 0.339 e. The van der Waals surface area contributed by atoms with E-state index in [-0.39, 0.29) is 29.4 Å². The lowest BCUT2D eigenvalue weighted by atomic mass is 9.49. The van der Waals surface area contributed by atoms with E-state index in [1.807, 2.05) is 153 Å². The van der Waals surface area contributed by atoms with Gasteiger partial charge in [-0.3, -0.25) is 19.2 Å². The zero-order valence-corrected chi connectivity index (χ0v) is 54.0. The molecule has 0 unspecified atom stereocenters. The van der Waals surface area contributed by atoms with E-state index >= 15 is 0 Å². The fourth-order valence-corrected chi connectivity index (χ4v) is 13.9. The van der Waals surface area contributed by atoms with Crippen molar-refractivity contribution in [3.8, 4) is 5.75 Å². The minimum Gasteiger partial charge on any atom is -0.490 e. The lowest BCUT2D eigenvalue weighted by Gasteiger charge is -2.56. The highest BCUT2D eigenvalue weighted by molar-refractivity contribution is 14.1. The molecule has 6 aliphatic carbocycles. The average Bonchev–Trinajstić information content (AvgIpc) is 1.50. The van der Waals surface area contributed by atoms with Crippen LogP contribution >= 0.6 is 34.2 Å². The van der Waals surface area contributed by atoms with E-state index in [0.717, 1.165) is 92.9 Å². The second-order valence-electron chi connectivity index (χ2n) is 24.4. The minimum atomic E-state index is -0.962. The molecular formula is C73H80ClIO15. The molecule has 6 saturated carbocycles. The molecule has 7 aromatic carbocycles. The number of benzene rings is 7. The summed E-state index contributed by atoms with van der Waals surface area (Å²) in [5.74, 6) is -2.13. The highest BCUT2D eigenvalue weighted by Gasteiger charge is 2.52. The molecule has 0 spiro atoms. The molecule has 0 radical (unpaired) electrons. The van der Waals surface area contributed by atoms with Gasteiger partial charge in [0.15, 0.2) is 0 Å². The number of para-hydroxylation sites is 1. The number of aliphatic carboxylic acids is 4. The highest BCUT2D eigenvalue weighted by atomic mass is 127. The minimum absolute atomic E-state index is 0.0134. The third-order valence-corrected chi connectivity index (χ3v) is 18.3. The van der Waals surface area contributed by atoms with Crippen LogP contribution in [-0.2, 0) is 36.4 Å². The van der Waals surface area contributed by atoms with E-state index in [9.17, 15) is 38.7 Å². The van der Waals surface area contributed by atoms with Gasteiger partial charge in [0, 0.05) is 8.59 Å². The Balaban J connectivity index is 0.000000168. The summed E-state index contributed by atoms with van der Waals surface area (Å²) in [6.45, 7) is 7.70. The van der Waals surface area contributed by atoms with E-state index in [1.165, 1.54) is 44.6 Å². The number of hydrogen-bond donors (Lipinski definition) is 7. The van der Waals surface area contributed by atoms with Crippen molar-refractivity contribution in [1.82, 2.24) is 0 Å². The maximum atomic E-state index is 11.4. The van der Waals surface area contributed by atoms with E-state index < -0.39 is 52.6 Å². The van der Waals surface area contributed by atoms with Crippen LogP contribution in [-0.4, -0.2) is 83.6 Å². The molecule has 0 aliphatic heterocycles. The Hall–Kier alpha value is -8.09. The first-order chi connectivity index (χ1) is 42.8. The van der Waals surface area contributed by atoms with Gasteiger partial charge in [0.1, 0.15) is 11.3 Å². The zero-order chi connectivity index (χ0) is 65.8. The number of carboxylic acids is 7. The summed E-state index contributed by atoms with van der Waals surface area (Å²) in [4.78, 5) is 75.6. The summed E-state index contributed by atoms with van der Waals surface area (Å²) < 4.78 is 6.10. The number of rotatable bonds is 14. The van der Waals surface area contributed by atoms with Crippen LogP contribution in [0, 0.1) is 26.7 Å². The molecule has 6 fully saturated rings. The van der Waals surface area contributed by atoms with Crippen molar-refractivity contribution in [2.75, 3.05) is 0 Å². The molecule has 0 amide bonds. The van der Waals surface area contributed by atoms with E-state index in [2.05, 4.69) is 0 Å². The highest BCUT2D eigenvalue weighted by Crippen LogP contribution is 2.61. The quantitative estimate of drug-likeness (QED) is 0.0499. The zero-order valence-electron chi connectivity index (χ0n) is 51.1. The molecule has 476 valence electrons. The van der Waals surface area contributed by atoms with Crippen molar-refractivity contribution in [2.24, 2.45) is 23.2 Å². The third kappa shape index (κ3) is 20.0. The standard InChI is InChI=1S/C12H13ClO2.C12H18O2.C12H10O2.C10H12O3.C10H10O2.C10H12O2.C7H5IO2/c13-10-5-3-9(4-6-10)12(11(14)15)7-1-2-8-12;13-11(14)7-12-4-8-1-9(5-12)3-10(2-8)6-12;13-12(14)8-10-6-3-5-9-4-1-2-7-11(9)10;1-7(2)13-9-6-4-3-5-8(9)10(11)12;11-9(12)10(6-7-10)8-4-2-1-3-5-8;1-7(2)8-5-3-4-6-9(8)10(11)12;8-6-4-2-1-3-5(6)7(9)10/h3-6H,1-2,7-8H2,(H,14,15);8-10H,1-7H2,(H,13,14);1-7H,8H2,(H,13,14);3-7H,1-2H3,(H,11,12);1-5H,6-7H2,(H,11,12);3-7H,1-2H3,(H,11,12);1-4H,(H,9,10). The number of fused-ring (bicyclic) bond motifs is 1. The van der Waals surface area contributed by atoms with Gasteiger partial charge in [-0.25, -0.2) is 14.4 Å². The second-order valence-corrected chi connectivity index (χ2v) is 26.0. The summed E-state index contributed by atoms with van der Waals surface area (Å²) in [5.41, 5.74) is 3.59. The lowest BCUT2D eigenvalue weighted by Crippen LogP contribution is -2.46. The van der Waals surface area contributed by atoms with Gasteiger partial charge in [0.25, 0.3) is 0 Å². The largest absolute Gasteiger partial charge is 0.490 e. The van der Waals surface area contributed by atoms with Crippen molar-refractivity contribution in [1.29, 1.82) is 0 Å². The van der Waals surface area contributed by atoms with Crippen LogP contribution in [0.15, 0.2) is 170 Å². The Morgan fingerprint density at radius 3 is 1.42 bits per heavy atom. The predicted octanol–water partition coefficient (Wildman–Crippen LogP) is 16.9. The molecule has 0 saturated heterocycles. The first-order valence-corrected chi connectivity index (χ1v) is 31.7. The van der Waals surface area contributed by atoms with Crippen LogP contribution in [0.4, 0.5) is 0 Å². The Morgan fingerprint density at radius 1 is 0.500 bits per heavy atom. The molecule has 7 N–H and O–H groups in total. The van der Waals surface area contributed by atoms with Crippen LogP contribution in [0.1, 0.15) is 170 Å². The number of hydrogen-bond acceptors (Lipinski definition) is 8. The maximum absolute atomic E-state index is 11.4. The Bertz CT molecular complexity index is 3530. The van der Waals surface area contributed by atoms with Crippen LogP contribution in [0.5, 0.6) is 5.75 Å². The average molecular weight is 1360 g/mol. The molecule has 7 aromatic rings. The molecule has 0 atom stereocenters. The SMILES string of the molecule is CC(C)Oc1ccccc1C(=O)O.CC(C)c1ccccc1C(=O)O.O=C(O)C1(c2ccc(Cl)cc2)CCCC1.O=C(O)C1(c2ccccc2)CC1.O=C(O)CC12CC3CC(CC(C3)C1)C2.O=C(O)Cc1cccc2ccccc12.O=C(O)c1ccccc1I. The van der Waals surface area contributed by atoms with Crippen molar-refractivity contribution in [3.63, 3.8) is 0 Å². The normalized spacial score (nSPS) is 18.8. The molecule has 13 rings (SSSR count). The number of carboxylic acid groups (broad SMARTS) is 7. The summed E-state index contributed by atoms with van der Waals surface area (Å²) in [6.07, 6.45) is 13.4. The molecule has 6 aliphatic rings. The Kier molecular flexibility index (Phi) is 26.1. The number of halogens is 2. The molecule has 0 aromatic heterocycles. The van der Waals surface area contributed by atoms with Crippen molar-refractivity contribution in [2.45, 2.75) is 140 Å². The molecule has 90 heavy (non-hydrogen) atoms. The van der Waals surface area contributed by atoms with Gasteiger partial charge >= 0.3 is 41.8 Å². The first kappa shape index (κ1) is 71.0. The van der Waals surface area contributed by atoms with Crippen LogP contribution in [0.3, 0.4) is 0 Å². The molecule has 15 nitrogen and oxygen atoms in total. The van der Waals surface area contributed by atoms with Crippen LogP contribution in [0.25, 0.3) is 10.8 Å². The summed E-state index contributed by atoms with van der Waals surface area (Å²) in [5, 5.41) is 64.9. The molecule has 0 heterocycles. The summed E-state index contributed by atoms with van der Waals surface area (Å²) >= 11 is 7.79. The van der Waals surface area contributed by atoms with Crippen molar-refractivity contribution < 1.29 is 74.0 Å². The van der Waals surface area contributed by atoms with E-state index in [1.54, 1.807) is 60.7 Å². The fourth-order valence-electron chi connectivity index (χ4n) is 13.1. The smallest absolute Gasteiger partial charge is 0.339 e. The van der Waals surface area contributed by atoms with Gasteiger partial charge in [-0.05, 0) is 205 Å². The molecule has 4 bridgehead atoms. The van der Waals surface area contributed by atoms with Crippen molar-refractivity contribution >= 4 is 86.7 Å². The van der Waals surface area contributed by atoms with Gasteiger partial charge in [0.05, 0.1) is 40.9 Å². The first-order valence-electron chi connectivity index (χ1n) is 30.3. The van der Waals surface area contributed by atoms with E-state index in [0.29, 0.717) is 28.3 Å². The monoisotopic (exact) mass is 1360 g/mol. The topological polar surface area (TPSA) is 270 Å². The fraction of sp³-hybridized carbons (Fsp3) is 0.356. The Labute approximate surface area is 544 Å². The number of ether oxygens (including phenoxy) is 1. The predicted molar refractivity (Wildman–Crippen MR) is 355 cm³/mol. The molecule has 17 heteroatoms. The summed E-state index contributed by atoms with van der Waals surface area (Å²) in [6, 6.07) is 50.8. The van der Waals surface area contributed by atoms with Gasteiger partial charge in [-0.15, -0.1) is 0 Å². The third-order valence-electron chi connectivity index (χ3n) is 17.1. The van der Waals surface area contributed by atoms with Crippen LogP contribution in [0.2, 0.25) is 5.02 Å². The Morgan fingerprint density at radius 2 is 0.956 bits per heavy atom. The number of aromatic carboxylic acids is 3. The van der Waals surface area contributed by atoms with Gasteiger partial charge in [-0.2, -0.15) is 0 Å². The van der Waals surface area contributed by atoms with Gasteiger partial charge < -0.3 is 40.5 Å². The van der Waals surface area contributed by atoms with Crippen molar-refractivity contribution in [3.05, 3.63) is 217 Å². The lowest BCUT2D eigenvalue weighted by molar-refractivity contribution is -0.146. The summed E-state index contributed by atoms with van der Waals surface area (Å²) in [7, 11) is 0. The number of carbonyl (C=O) groups is 7. The van der Waals surface area contributed by atoms with Gasteiger partial charge in [0.2, 0.25) is 0 Å². The van der Waals surface area contributed by atoms with Gasteiger partial charge in [-0.1, -0.05) is 166 Å². The second kappa shape index (κ2) is 33.1. The van der Waals surface area contributed by atoms with Crippen LogP contribution < -0.4 is 4.74 Å². The van der Waals surface area contributed by atoms with E-state index in [4.69, 9.17) is 47.0 Å².